The molecular weight excluding hydrogens is 1200 g/mol. The predicted octanol–water partition coefficient (Wildman–Crippen LogP) is 9.26. The molecule has 1 unspecified atom stereocenters. The van der Waals surface area contributed by atoms with Gasteiger partial charge in [-0.2, -0.15) is 0 Å². The Hall–Kier alpha value is -7.08. The van der Waals surface area contributed by atoms with Gasteiger partial charge in [0.2, 0.25) is 23.6 Å². The number of aliphatic carboxylic acids is 1. The van der Waals surface area contributed by atoms with Crippen LogP contribution in [0.25, 0.3) is 0 Å². The molecule has 0 spiro atoms. The van der Waals surface area contributed by atoms with Gasteiger partial charge in [-0.3, -0.25) is 38.6 Å². The average molecular weight is 1310 g/mol. The van der Waals surface area contributed by atoms with E-state index in [0.717, 1.165) is 9.80 Å². The van der Waals surface area contributed by atoms with Crippen molar-refractivity contribution in [3.05, 3.63) is 65.7 Å². The molecule has 0 radical (unpaired) electrons. The standard InChI is InChI=1S/C68H108N6O17Si/c1-22-43(8)55(53(91-92(20,21)68(14,15)16)38-54(75)89-58(42(6)7)57(76)44(9)59(77)69-49(35-40(2)3)62(80)74-34-26-29-50(74)63(81)82)70-61(79)56(71-60(78)51(36-41(4)5)72(17)66(85)90-67(11,12)13)45(10)88-64(83)52(37-46-30-32-48(86-19)33-31-46)73(18)65(84)87-39-47-27-24-23-25-28-47/h23-25,27-28,30-33,40-45,49-53,55-56,58H,22,26,29,34-39H2,1-21H3,(H,69,77)(H,70,79)(H,71,78)(H,81,82)/t43-,44?,45+,49-,50-,51+,52-,53-,55+,56-,58-/m0/s1. The summed E-state index contributed by atoms with van der Waals surface area (Å²) in [5, 5.41) is 18.0. The molecule has 1 aliphatic heterocycles. The number of nitrogens with zero attached hydrogens (tertiary/aromatic N) is 3. The normalized spacial score (nSPS) is 16.9. The van der Waals surface area contributed by atoms with Gasteiger partial charge >= 0.3 is 30.1 Å². The van der Waals surface area contributed by atoms with Crippen LogP contribution in [0.15, 0.2) is 54.6 Å². The molecule has 1 saturated heterocycles. The molecular formula is C68H108N6O17Si. The Kier molecular flexibility index (Phi) is 30.3. The Morgan fingerprint density at radius 2 is 1.30 bits per heavy atom. The van der Waals surface area contributed by atoms with E-state index in [0.29, 0.717) is 29.7 Å². The minimum atomic E-state index is -2.93. The van der Waals surface area contributed by atoms with Crippen LogP contribution in [0.3, 0.4) is 0 Å². The summed E-state index contributed by atoms with van der Waals surface area (Å²) in [4.78, 5) is 145. The second kappa shape index (κ2) is 35.3. The Balaban J connectivity index is 2.17. The summed E-state index contributed by atoms with van der Waals surface area (Å²) in [6, 6.07) is 8.24. The molecule has 1 heterocycles. The third kappa shape index (κ3) is 23.8. The molecule has 4 N–H and O–H groups in total. The van der Waals surface area contributed by atoms with Crippen LogP contribution in [0.1, 0.15) is 160 Å². The lowest BCUT2D eigenvalue weighted by atomic mass is 9.91. The largest absolute Gasteiger partial charge is 0.497 e. The van der Waals surface area contributed by atoms with E-state index in [-0.39, 0.29) is 50.7 Å². The first-order chi connectivity index (χ1) is 42.6. The number of carboxylic acid groups (broad SMARTS) is 1. The van der Waals surface area contributed by atoms with Gasteiger partial charge < -0.3 is 54.1 Å². The lowest BCUT2D eigenvalue weighted by Gasteiger charge is -2.43. The molecule has 0 aromatic heterocycles. The molecule has 0 saturated carbocycles. The summed E-state index contributed by atoms with van der Waals surface area (Å²) in [5.41, 5.74) is 0.360. The molecule has 2 aromatic carbocycles. The highest BCUT2D eigenvalue weighted by Crippen LogP contribution is 2.39. The summed E-state index contributed by atoms with van der Waals surface area (Å²) in [6.45, 7) is 32.2. The fourth-order valence-corrected chi connectivity index (χ4v) is 11.6. The maximum Gasteiger partial charge on any atom is 0.410 e. The first-order valence-corrected chi connectivity index (χ1v) is 35.1. The summed E-state index contributed by atoms with van der Waals surface area (Å²) in [6.07, 6.45) is -5.01. The first-order valence-electron chi connectivity index (χ1n) is 32.2. The van der Waals surface area contributed by atoms with Crippen molar-refractivity contribution in [2.75, 3.05) is 27.7 Å². The van der Waals surface area contributed by atoms with Gasteiger partial charge in [0.15, 0.2) is 20.2 Å². The summed E-state index contributed by atoms with van der Waals surface area (Å²) < 4.78 is 36.1. The molecule has 516 valence electrons. The highest BCUT2D eigenvalue weighted by Gasteiger charge is 2.46. The van der Waals surface area contributed by atoms with Crippen LogP contribution in [0, 0.1) is 29.6 Å². The van der Waals surface area contributed by atoms with Crippen LogP contribution in [-0.4, -0.2) is 176 Å². The zero-order valence-corrected chi connectivity index (χ0v) is 59.5. The van der Waals surface area contributed by atoms with Gasteiger partial charge in [0.05, 0.1) is 31.6 Å². The molecule has 6 amide bonds. The number of esters is 2. The topological polar surface area (TPSA) is 292 Å². The molecule has 3 rings (SSSR count). The van der Waals surface area contributed by atoms with E-state index >= 15 is 4.79 Å². The molecule has 1 fully saturated rings. The molecule has 0 bridgehead atoms. The number of amides is 6. The SMILES string of the molecule is CC[C@H](C)[C@@H](NC(=O)[C@@H](NC(=O)[C@@H](CC(C)C)N(C)C(=O)OC(C)(C)C)[C@@H](C)OC(=O)[C@H](Cc1ccc(OC)cc1)N(C)C(=O)OCc1ccccc1)[C@H](CC(=O)O[C@H](C(=O)C(C)C(=O)N[C@@H](CC(C)C)C(=O)N1CCC[C@H]1C(=O)O)C(C)C)O[Si](C)(C)C(C)(C)C. The van der Waals surface area contributed by atoms with Crippen molar-refractivity contribution in [3.63, 3.8) is 0 Å². The summed E-state index contributed by atoms with van der Waals surface area (Å²) in [5.74, 6) is -9.14. The number of ketones is 1. The zero-order chi connectivity index (χ0) is 69.9. The highest BCUT2D eigenvalue weighted by molar-refractivity contribution is 6.74. The van der Waals surface area contributed by atoms with Crippen LogP contribution >= 0.6 is 0 Å². The smallest absolute Gasteiger partial charge is 0.410 e. The van der Waals surface area contributed by atoms with Crippen molar-refractivity contribution >= 4 is 67.8 Å². The Labute approximate surface area is 546 Å². The van der Waals surface area contributed by atoms with Crippen molar-refractivity contribution in [1.82, 2.24) is 30.7 Å². The average Bonchev–Trinajstić information content (AvgIpc) is 1.78. The van der Waals surface area contributed by atoms with Crippen molar-refractivity contribution in [3.8, 4) is 5.75 Å². The maximum atomic E-state index is 15.6. The minimum Gasteiger partial charge on any atom is -0.497 e. The van der Waals surface area contributed by atoms with Crippen molar-refractivity contribution < 1.29 is 81.2 Å². The quantitative estimate of drug-likeness (QED) is 0.0224. The summed E-state index contributed by atoms with van der Waals surface area (Å²) >= 11 is 0. The predicted molar refractivity (Wildman–Crippen MR) is 350 cm³/mol. The lowest BCUT2D eigenvalue weighted by Crippen LogP contribution is -2.62. The van der Waals surface area contributed by atoms with Crippen LogP contribution in [-0.2, 0) is 74.8 Å². The number of nitrogens with one attached hydrogen (secondary N) is 3. The van der Waals surface area contributed by atoms with Gasteiger partial charge in [0.25, 0.3) is 0 Å². The number of hydrogen-bond acceptors (Lipinski definition) is 16. The number of likely N-dealkylation sites (N-methyl/N-ethyl adjacent to an activating group) is 2. The van der Waals surface area contributed by atoms with Crippen molar-refractivity contribution in [1.29, 1.82) is 0 Å². The number of methoxy groups -OCH3 is 1. The van der Waals surface area contributed by atoms with Crippen LogP contribution in [0.2, 0.25) is 18.1 Å². The molecule has 24 heteroatoms. The van der Waals surface area contributed by atoms with E-state index in [1.165, 1.54) is 40.0 Å². The number of rotatable bonds is 33. The van der Waals surface area contributed by atoms with Gasteiger partial charge in [0.1, 0.15) is 54.3 Å². The summed E-state index contributed by atoms with van der Waals surface area (Å²) in [7, 11) is 1.37. The third-order valence-electron chi connectivity index (χ3n) is 17.0. The number of carbonyl (C=O) groups is 10. The van der Waals surface area contributed by atoms with Gasteiger partial charge in [-0.1, -0.05) is 125 Å². The fraction of sp³-hybridized carbons (Fsp3) is 0.676. The van der Waals surface area contributed by atoms with E-state index in [1.54, 1.807) is 83.1 Å². The maximum absolute atomic E-state index is 15.6. The number of likely N-dealkylation sites (tertiary alicyclic amines) is 1. The van der Waals surface area contributed by atoms with Gasteiger partial charge in [0, 0.05) is 27.1 Å². The van der Waals surface area contributed by atoms with Gasteiger partial charge in [-0.15, -0.1) is 0 Å². The number of carboxylic acids is 1. The molecule has 1 aliphatic rings. The molecule has 2 aromatic rings. The third-order valence-corrected chi connectivity index (χ3v) is 21.5. The van der Waals surface area contributed by atoms with Crippen LogP contribution in [0.5, 0.6) is 5.75 Å². The monoisotopic (exact) mass is 1310 g/mol. The highest BCUT2D eigenvalue weighted by atomic mass is 28.4. The van der Waals surface area contributed by atoms with Crippen LogP contribution < -0.4 is 20.7 Å². The number of ether oxygens (including phenoxy) is 5. The Morgan fingerprint density at radius 1 is 0.717 bits per heavy atom. The zero-order valence-electron chi connectivity index (χ0n) is 58.5. The van der Waals surface area contributed by atoms with Crippen molar-refractivity contribution in [2.24, 2.45) is 29.6 Å². The minimum absolute atomic E-state index is 0.0873. The molecule has 92 heavy (non-hydrogen) atoms. The second-order valence-electron chi connectivity index (χ2n) is 28.1. The van der Waals surface area contributed by atoms with E-state index in [2.05, 4.69) is 16.0 Å². The number of Topliss-reactive ketones (excluding diaryl/α,β-unsaturated/α-hetero) is 1. The van der Waals surface area contributed by atoms with E-state index < -0.39 is 157 Å². The van der Waals surface area contributed by atoms with Crippen LogP contribution in [0.4, 0.5) is 9.59 Å². The second-order valence-corrected chi connectivity index (χ2v) is 32.9. The first kappa shape index (κ1) is 79.2. The number of benzene rings is 2. The van der Waals surface area contributed by atoms with Gasteiger partial charge in [-0.05, 0) is 125 Å². The van der Waals surface area contributed by atoms with E-state index in [9.17, 15) is 48.3 Å². The fourth-order valence-electron chi connectivity index (χ4n) is 10.3. The lowest BCUT2D eigenvalue weighted by molar-refractivity contribution is -0.162. The van der Waals surface area contributed by atoms with E-state index in [4.69, 9.17) is 28.1 Å². The Bertz CT molecular complexity index is 2800. The van der Waals surface area contributed by atoms with Crippen molar-refractivity contribution in [2.45, 2.75) is 241 Å². The Morgan fingerprint density at radius 3 is 1.83 bits per heavy atom. The molecule has 23 nitrogen and oxygen atoms in total. The van der Waals surface area contributed by atoms with Gasteiger partial charge in [-0.25, -0.2) is 19.2 Å². The molecule has 0 aliphatic carbocycles. The van der Waals surface area contributed by atoms with E-state index in [1.807, 2.05) is 81.5 Å². The molecule has 11 atom stereocenters. The number of hydrogen-bond donors (Lipinski definition) is 4. The number of carbonyl (C=O) groups excluding carboxylic acids is 9.